The van der Waals surface area contributed by atoms with Gasteiger partial charge in [-0.3, -0.25) is 9.78 Å². The lowest BCUT2D eigenvalue weighted by molar-refractivity contribution is 0.633. The van der Waals surface area contributed by atoms with E-state index in [1.54, 1.807) is 12.2 Å². The fraction of sp³-hybridized carbons (Fsp3) is 0.273. The van der Waals surface area contributed by atoms with Gasteiger partial charge in [0.05, 0.1) is 11.3 Å². The molecule has 1 heterocycles. The van der Waals surface area contributed by atoms with Gasteiger partial charge < -0.3 is 4.98 Å². The Morgan fingerprint density at radius 2 is 1.73 bits per heavy atom. The molecule has 0 atom stereocenters. The monoisotopic (exact) mass is 204 g/mol. The number of nitrogens with one attached hydrogen (secondary N) is 2. The van der Waals surface area contributed by atoms with Crippen LogP contribution in [0.1, 0.15) is 25.1 Å². The first-order valence-corrected chi connectivity index (χ1v) is 4.73. The summed E-state index contributed by atoms with van der Waals surface area (Å²) >= 11 is 0. The molecule has 0 saturated carbocycles. The van der Waals surface area contributed by atoms with Gasteiger partial charge in [-0.15, -0.1) is 0 Å². The van der Waals surface area contributed by atoms with E-state index in [1.807, 2.05) is 26.0 Å². The van der Waals surface area contributed by atoms with Gasteiger partial charge in [0, 0.05) is 5.41 Å². The highest BCUT2D eigenvalue weighted by Gasteiger charge is 2.14. The molecule has 0 unspecified atom stereocenters. The Morgan fingerprint density at radius 3 is 2.47 bits per heavy atom. The number of H-pyrrole nitrogens is 2. The molecule has 0 saturated heterocycles. The number of fused-ring (bicyclic) bond motifs is 1. The van der Waals surface area contributed by atoms with Crippen molar-refractivity contribution in [3.8, 4) is 0 Å². The highest BCUT2D eigenvalue weighted by atomic mass is 16.2. The maximum Gasteiger partial charge on any atom is 0.326 e. The molecule has 78 valence electrons. The molecule has 1 aliphatic carbocycles. The second-order valence-electron chi connectivity index (χ2n) is 4.22. The third-order valence-electron chi connectivity index (χ3n) is 2.37. The van der Waals surface area contributed by atoms with Crippen LogP contribution in [0.2, 0.25) is 0 Å². The van der Waals surface area contributed by atoms with Gasteiger partial charge in [0.1, 0.15) is 0 Å². The van der Waals surface area contributed by atoms with Gasteiger partial charge in [-0.25, -0.2) is 4.79 Å². The molecule has 4 nitrogen and oxygen atoms in total. The first-order valence-electron chi connectivity index (χ1n) is 4.73. The Morgan fingerprint density at radius 1 is 1.07 bits per heavy atom. The normalized spacial score (nSPS) is 17.2. The standard InChI is InChI=1S/C11H12N2O2/c1-11(2)5-3-7-8(4-6-11)12-10(15)13-9(7)14/h3-6H,1-2H3,(H2,12,13,14,15). The molecule has 2 N–H and O–H groups in total. The molecule has 1 aromatic rings. The largest absolute Gasteiger partial charge is 0.326 e. The topological polar surface area (TPSA) is 65.7 Å². The van der Waals surface area contributed by atoms with E-state index in [4.69, 9.17) is 0 Å². The second-order valence-corrected chi connectivity index (χ2v) is 4.22. The van der Waals surface area contributed by atoms with Crippen LogP contribution in [0.15, 0.2) is 21.7 Å². The average molecular weight is 204 g/mol. The number of hydrogen-bond donors (Lipinski definition) is 2. The van der Waals surface area contributed by atoms with E-state index in [2.05, 4.69) is 9.97 Å². The van der Waals surface area contributed by atoms with Gasteiger partial charge >= 0.3 is 5.69 Å². The van der Waals surface area contributed by atoms with Gasteiger partial charge in [-0.1, -0.05) is 32.1 Å². The van der Waals surface area contributed by atoms with E-state index in [0.29, 0.717) is 11.3 Å². The first kappa shape index (κ1) is 9.71. The summed E-state index contributed by atoms with van der Waals surface area (Å²) in [4.78, 5) is 27.4. The molecule has 0 fully saturated rings. The van der Waals surface area contributed by atoms with Crippen molar-refractivity contribution in [3.05, 3.63) is 44.2 Å². The molecule has 2 rings (SSSR count). The van der Waals surface area contributed by atoms with E-state index in [0.717, 1.165) is 0 Å². The molecule has 0 spiro atoms. The molecule has 1 aromatic heterocycles. The zero-order chi connectivity index (χ0) is 11.1. The lowest BCUT2D eigenvalue weighted by Gasteiger charge is -2.11. The summed E-state index contributed by atoms with van der Waals surface area (Å²) in [6.45, 7) is 4.05. The molecule has 15 heavy (non-hydrogen) atoms. The first-order chi connectivity index (χ1) is 6.98. The van der Waals surface area contributed by atoms with Crippen LogP contribution in [0.5, 0.6) is 0 Å². The summed E-state index contributed by atoms with van der Waals surface area (Å²) in [6.07, 6.45) is 7.39. The third kappa shape index (κ3) is 1.83. The minimum absolute atomic E-state index is 0.109. The number of allylic oxidation sites excluding steroid dienone is 2. The van der Waals surface area contributed by atoms with Gasteiger partial charge in [-0.05, 0) is 6.08 Å². The van der Waals surface area contributed by atoms with Crippen molar-refractivity contribution in [2.24, 2.45) is 5.41 Å². The molecule has 0 aromatic carbocycles. The van der Waals surface area contributed by atoms with Crippen molar-refractivity contribution >= 4 is 12.2 Å². The molecule has 0 aliphatic heterocycles. The third-order valence-corrected chi connectivity index (χ3v) is 2.37. The highest BCUT2D eigenvalue weighted by Crippen LogP contribution is 2.24. The van der Waals surface area contributed by atoms with Crippen LogP contribution in [0.4, 0.5) is 0 Å². The Labute approximate surface area is 86.4 Å². The summed E-state index contributed by atoms with van der Waals surface area (Å²) in [7, 11) is 0. The fourth-order valence-electron chi connectivity index (χ4n) is 1.46. The minimum atomic E-state index is -0.475. The van der Waals surface area contributed by atoms with Gasteiger partial charge in [0.15, 0.2) is 0 Å². The van der Waals surface area contributed by atoms with Crippen LogP contribution < -0.4 is 11.2 Å². The average Bonchev–Trinajstić information content (AvgIpc) is 2.26. The lowest BCUT2D eigenvalue weighted by Crippen LogP contribution is -2.25. The fourth-order valence-corrected chi connectivity index (χ4v) is 1.46. The number of rotatable bonds is 0. The summed E-state index contributed by atoms with van der Waals surface area (Å²) in [5.74, 6) is 0. The predicted molar refractivity (Wildman–Crippen MR) is 59.5 cm³/mol. The zero-order valence-corrected chi connectivity index (χ0v) is 8.63. The molecule has 0 bridgehead atoms. The van der Waals surface area contributed by atoms with E-state index < -0.39 is 5.69 Å². The smallest absolute Gasteiger partial charge is 0.307 e. The maximum atomic E-state index is 11.5. The Hall–Kier alpha value is -1.84. The van der Waals surface area contributed by atoms with Crippen molar-refractivity contribution < 1.29 is 0 Å². The van der Waals surface area contributed by atoms with Crippen LogP contribution in [-0.2, 0) is 0 Å². The Kier molecular flexibility index (Phi) is 2.00. The minimum Gasteiger partial charge on any atom is -0.307 e. The quantitative estimate of drug-likeness (QED) is 0.665. The van der Waals surface area contributed by atoms with Crippen LogP contribution in [-0.4, -0.2) is 9.97 Å². The van der Waals surface area contributed by atoms with Gasteiger partial charge in [0.25, 0.3) is 5.56 Å². The van der Waals surface area contributed by atoms with E-state index in [9.17, 15) is 9.59 Å². The van der Waals surface area contributed by atoms with Crippen molar-refractivity contribution in [2.75, 3.05) is 0 Å². The maximum absolute atomic E-state index is 11.5. The van der Waals surface area contributed by atoms with Crippen molar-refractivity contribution in [3.63, 3.8) is 0 Å². The van der Waals surface area contributed by atoms with Crippen molar-refractivity contribution in [2.45, 2.75) is 13.8 Å². The number of aromatic nitrogens is 2. The summed E-state index contributed by atoms with van der Waals surface area (Å²) < 4.78 is 0. The summed E-state index contributed by atoms with van der Waals surface area (Å²) in [5, 5.41) is 0. The van der Waals surface area contributed by atoms with E-state index in [1.165, 1.54) is 0 Å². The highest BCUT2D eigenvalue weighted by molar-refractivity contribution is 5.65. The van der Waals surface area contributed by atoms with Crippen molar-refractivity contribution in [1.82, 2.24) is 9.97 Å². The number of hydrogen-bond acceptors (Lipinski definition) is 2. The Bertz CT molecular complexity index is 559. The summed E-state index contributed by atoms with van der Waals surface area (Å²) in [6, 6.07) is 0. The second kappa shape index (κ2) is 3.08. The Balaban J connectivity index is 2.74. The van der Waals surface area contributed by atoms with Crippen LogP contribution in [0, 0.1) is 5.41 Å². The molecular formula is C11H12N2O2. The van der Waals surface area contributed by atoms with Crippen molar-refractivity contribution in [1.29, 1.82) is 0 Å². The van der Waals surface area contributed by atoms with Crippen LogP contribution >= 0.6 is 0 Å². The van der Waals surface area contributed by atoms with Gasteiger partial charge in [0.2, 0.25) is 0 Å². The molecule has 1 aliphatic rings. The van der Waals surface area contributed by atoms with Crippen LogP contribution in [0.25, 0.3) is 12.2 Å². The van der Waals surface area contributed by atoms with E-state index >= 15 is 0 Å². The molecule has 4 heteroatoms. The predicted octanol–water partition coefficient (Wildman–Crippen LogP) is 1.13. The van der Waals surface area contributed by atoms with E-state index in [-0.39, 0.29) is 11.0 Å². The molecule has 0 radical (unpaired) electrons. The van der Waals surface area contributed by atoms with Gasteiger partial charge in [-0.2, -0.15) is 0 Å². The number of aromatic amines is 2. The molecular weight excluding hydrogens is 192 g/mol. The lowest BCUT2D eigenvalue weighted by atomic mass is 9.93. The SMILES string of the molecule is CC1(C)C=Cc2[nH]c(=O)[nH]c(=O)c2C=C1. The summed E-state index contributed by atoms with van der Waals surface area (Å²) in [5.41, 5.74) is 0.119. The van der Waals surface area contributed by atoms with Crippen LogP contribution in [0.3, 0.4) is 0 Å². The zero-order valence-electron chi connectivity index (χ0n) is 8.63. The molecule has 0 amide bonds.